The molecule has 0 fully saturated rings. The van der Waals surface area contributed by atoms with Crippen LogP contribution in [0.4, 0.5) is 0 Å². The molecule has 3 rings (SSSR count). The fourth-order valence-corrected chi connectivity index (χ4v) is 2.38. The van der Waals surface area contributed by atoms with Crippen molar-refractivity contribution in [2.45, 2.75) is 20.0 Å². The predicted octanol–water partition coefficient (Wildman–Crippen LogP) is 2.76. The second kappa shape index (κ2) is 5.89. The lowest BCUT2D eigenvalue weighted by Gasteiger charge is -2.08. The molecule has 1 aromatic heterocycles. The molecule has 0 saturated heterocycles. The summed E-state index contributed by atoms with van der Waals surface area (Å²) in [4.78, 5) is 0. The Morgan fingerprint density at radius 3 is 2.38 bits per heavy atom. The van der Waals surface area contributed by atoms with E-state index in [1.54, 1.807) is 0 Å². The maximum Gasteiger partial charge on any atom is 0.104 e. The first-order valence-electron chi connectivity index (χ1n) is 7.01. The van der Waals surface area contributed by atoms with Gasteiger partial charge >= 0.3 is 0 Å². The van der Waals surface area contributed by atoms with Gasteiger partial charge in [-0.2, -0.15) is 0 Å². The Bertz CT molecular complexity index is 714. The highest BCUT2D eigenvalue weighted by molar-refractivity contribution is 5.61. The summed E-state index contributed by atoms with van der Waals surface area (Å²) in [5.74, 6) is 0. The molecule has 106 valence electrons. The minimum atomic E-state index is 0.387. The van der Waals surface area contributed by atoms with Gasteiger partial charge in [-0.15, -0.1) is 5.10 Å². The number of hydrogen-bond donors (Lipinski definition) is 1. The van der Waals surface area contributed by atoms with Crippen LogP contribution in [0, 0.1) is 6.92 Å². The van der Waals surface area contributed by atoms with Crippen molar-refractivity contribution in [1.29, 1.82) is 0 Å². The van der Waals surface area contributed by atoms with Crippen molar-refractivity contribution in [3.8, 4) is 11.3 Å². The molecule has 2 aromatic carbocycles. The third kappa shape index (κ3) is 2.85. The van der Waals surface area contributed by atoms with E-state index in [1.807, 2.05) is 22.9 Å². The molecule has 2 N–H and O–H groups in total. The smallest absolute Gasteiger partial charge is 0.104 e. The number of aromatic nitrogens is 3. The summed E-state index contributed by atoms with van der Waals surface area (Å²) in [6.45, 7) is 3.16. The van der Waals surface area contributed by atoms with Crippen molar-refractivity contribution in [2.75, 3.05) is 0 Å². The molecular formula is C17H18N4. The average molecular weight is 278 g/mol. The molecule has 0 aliphatic rings. The first kappa shape index (κ1) is 13.5. The monoisotopic (exact) mass is 278 g/mol. The Morgan fingerprint density at radius 2 is 1.71 bits per heavy atom. The van der Waals surface area contributed by atoms with Gasteiger partial charge in [0.1, 0.15) is 5.69 Å². The van der Waals surface area contributed by atoms with Gasteiger partial charge in [-0.05, 0) is 12.5 Å². The van der Waals surface area contributed by atoms with Crippen molar-refractivity contribution < 1.29 is 0 Å². The van der Waals surface area contributed by atoms with Crippen molar-refractivity contribution in [1.82, 2.24) is 15.0 Å². The molecule has 0 aliphatic carbocycles. The van der Waals surface area contributed by atoms with Crippen molar-refractivity contribution in [3.05, 3.63) is 71.4 Å². The highest BCUT2D eigenvalue weighted by atomic mass is 15.4. The summed E-state index contributed by atoms with van der Waals surface area (Å²) in [6, 6.07) is 18.6. The minimum absolute atomic E-state index is 0.387. The van der Waals surface area contributed by atoms with Gasteiger partial charge in [0.15, 0.2) is 0 Å². The fraction of sp³-hybridized carbons (Fsp3) is 0.176. The van der Waals surface area contributed by atoms with Gasteiger partial charge in [0, 0.05) is 12.1 Å². The molecule has 4 heteroatoms. The molecule has 0 bridgehead atoms. The van der Waals surface area contributed by atoms with Gasteiger partial charge in [-0.3, -0.25) is 0 Å². The van der Waals surface area contributed by atoms with E-state index in [9.17, 15) is 0 Å². The second-order valence-electron chi connectivity index (χ2n) is 5.10. The number of aryl methyl sites for hydroxylation is 1. The predicted molar refractivity (Wildman–Crippen MR) is 83.6 cm³/mol. The molecular weight excluding hydrogens is 260 g/mol. The van der Waals surface area contributed by atoms with E-state index in [0.29, 0.717) is 13.1 Å². The van der Waals surface area contributed by atoms with E-state index in [1.165, 1.54) is 11.1 Å². The maximum atomic E-state index is 5.80. The molecule has 0 spiro atoms. The third-order valence-corrected chi connectivity index (χ3v) is 3.50. The van der Waals surface area contributed by atoms with Crippen LogP contribution in [0.3, 0.4) is 0 Å². The van der Waals surface area contributed by atoms with Gasteiger partial charge in [0.05, 0.1) is 12.2 Å². The Morgan fingerprint density at radius 1 is 1.00 bits per heavy atom. The summed E-state index contributed by atoms with van der Waals surface area (Å²) in [5.41, 5.74) is 11.2. The van der Waals surface area contributed by atoms with Gasteiger partial charge in [-0.25, -0.2) is 4.68 Å². The lowest BCUT2D eigenvalue weighted by Crippen LogP contribution is -2.05. The molecule has 0 radical (unpaired) electrons. The van der Waals surface area contributed by atoms with Gasteiger partial charge in [-0.1, -0.05) is 65.4 Å². The maximum absolute atomic E-state index is 5.80. The van der Waals surface area contributed by atoms with Gasteiger partial charge in [0.25, 0.3) is 0 Å². The van der Waals surface area contributed by atoms with Crippen LogP contribution in [0.5, 0.6) is 0 Å². The van der Waals surface area contributed by atoms with Gasteiger partial charge < -0.3 is 5.73 Å². The number of nitrogens with zero attached hydrogens (tertiary/aromatic N) is 3. The number of rotatable bonds is 4. The van der Waals surface area contributed by atoms with E-state index in [4.69, 9.17) is 5.73 Å². The number of benzene rings is 2. The molecule has 21 heavy (non-hydrogen) atoms. The van der Waals surface area contributed by atoms with Crippen LogP contribution in [0.1, 0.15) is 16.8 Å². The second-order valence-corrected chi connectivity index (χ2v) is 5.10. The SMILES string of the molecule is Cc1ccc(Cn2nnc(CN)c2-c2ccccc2)cc1. The first-order valence-corrected chi connectivity index (χ1v) is 7.01. The van der Waals surface area contributed by atoms with E-state index in [2.05, 4.69) is 53.6 Å². The molecule has 0 saturated carbocycles. The molecule has 0 unspecified atom stereocenters. The summed E-state index contributed by atoms with van der Waals surface area (Å²) >= 11 is 0. The molecule has 0 atom stereocenters. The summed E-state index contributed by atoms with van der Waals surface area (Å²) < 4.78 is 1.92. The van der Waals surface area contributed by atoms with E-state index in [0.717, 1.165) is 17.0 Å². The average Bonchev–Trinajstić information content (AvgIpc) is 2.93. The molecule has 4 nitrogen and oxygen atoms in total. The first-order chi connectivity index (χ1) is 10.3. The van der Waals surface area contributed by atoms with Crippen LogP contribution in [0.25, 0.3) is 11.3 Å². The third-order valence-electron chi connectivity index (χ3n) is 3.50. The van der Waals surface area contributed by atoms with Crippen LogP contribution >= 0.6 is 0 Å². The number of hydrogen-bond acceptors (Lipinski definition) is 3. The number of nitrogens with two attached hydrogens (primary N) is 1. The van der Waals surface area contributed by atoms with Crippen molar-refractivity contribution >= 4 is 0 Å². The Labute approximate surface area is 124 Å². The Balaban J connectivity index is 1.99. The lowest BCUT2D eigenvalue weighted by molar-refractivity contribution is 0.654. The minimum Gasteiger partial charge on any atom is -0.325 e. The molecule has 3 aromatic rings. The van der Waals surface area contributed by atoms with E-state index < -0.39 is 0 Å². The largest absolute Gasteiger partial charge is 0.325 e. The topological polar surface area (TPSA) is 56.7 Å². The molecule has 0 aliphatic heterocycles. The Hall–Kier alpha value is -2.46. The fourth-order valence-electron chi connectivity index (χ4n) is 2.38. The van der Waals surface area contributed by atoms with Crippen LogP contribution in [0.2, 0.25) is 0 Å². The summed E-state index contributed by atoms with van der Waals surface area (Å²) in [5, 5.41) is 8.48. The highest BCUT2D eigenvalue weighted by Gasteiger charge is 2.13. The molecule has 1 heterocycles. The molecule has 0 amide bonds. The van der Waals surface area contributed by atoms with Crippen molar-refractivity contribution in [2.24, 2.45) is 5.73 Å². The van der Waals surface area contributed by atoms with E-state index in [-0.39, 0.29) is 0 Å². The normalized spacial score (nSPS) is 10.8. The Kier molecular flexibility index (Phi) is 3.79. The summed E-state index contributed by atoms with van der Waals surface area (Å²) in [6.07, 6.45) is 0. The lowest BCUT2D eigenvalue weighted by atomic mass is 10.1. The van der Waals surface area contributed by atoms with Crippen molar-refractivity contribution in [3.63, 3.8) is 0 Å². The summed E-state index contributed by atoms with van der Waals surface area (Å²) in [7, 11) is 0. The van der Waals surface area contributed by atoms with Crippen LogP contribution in [-0.4, -0.2) is 15.0 Å². The zero-order valence-corrected chi connectivity index (χ0v) is 12.0. The quantitative estimate of drug-likeness (QED) is 0.798. The zero-order valence-electron chi connectivity index (χ0n) is 12.0. The van der Waals surface area contributed by atoms with Crippen LogP contribution < -0.4 is 5.73 Å². The van der Waals surface area contributed by atoms with Crippen LogP contribution in [-0.2, 0) is 13.1 Å². The standard InChI is InChI=1S/C17H18N4/c1-13-7-9-14(10-8-13)12-21-17(16(11-18)19-20-21)15-5-3-2-4-6-15/h2-10H,11-12,18H2,1H3. The highest BCUT2D eigenvalue weighted by Crippen LogP contribution is 2.22. The van der Waals surface area contributed by atoms with Crippen LogP contribution in [0.15, 0.2) is 54.6 Å². The van der Waals surface area contributed by atoms with E-state index >= 15 is 0 Å². The zero-order chi connectivity index (χ0) is 14.7. The van der Waals surface area contributed by atoms with Gasteiger partial charge in [0.2, 0.25) is 0 Å².